The van der Waals surface area contributed by atoms with E-state index in [1.165, 1.54) is 30.2 Å². The van der Waals surface area contributed by atoms with Crippen molar-refractivity contribution in [2.75, 3.05) is 46.4 Å². The Balaban J connectivity index is 1.13. The lowest BCUT2D eigenvalue weighted by Crippen LogP contribution is -2.51. The third-order valence-corrected chi connectivity index (χ3v) is 5.79. The van der Waals surface area contributed by atoms with Crippen LogP contribution in [0.25, 0.3) is 10.8 Å². The number of hydrogen-bond donors (Lipinski definition) is 2. The van der Waals surface area contributed by atoms with Crippen molar-refractivity contribution in [2.24, 2.45) is 4.99 Å². The molecule has 6 heteroatoms. The summed E-state index contributed by atoms with van der Waals surface area (Å²) in [6, 6.07) is 15.2. The Bertz CT molecular complexity index is 825. The molecule has 0 aliphatic carbocycles. The van der Waals surface area contributed by atoms with Gasteiger partial charge in [0.2, 0.25) is 0 Å². The maximum absolute atomic E-state index is 6.00. The van der Waals surface area contributed by atoms with Crippen LogP contribution in [0, 0.1) is 0 Å². The first-order valence-corrected chi connectivity index (χ1v) is 10.7. The number of rotatable bonds is 7. The van der Waals surface area contributed by atoms with Crippen molar-refractivity contribution in [3.05, 3.63) is 42.5 Å². The average Bonchev–Trinajstić information content (AvgIpc) is 3.23. The molecule has 0 aromatic heterocycles. The first-order chi connectivity index (χ1) is 14.3. The van der Waals surface area contributed by atoms with Crippen LogP contribution in [0.3, 0.4) is 0 Å². The van der Waals surface area contributed by atoms with E-state index in [0.29, 0.717) is 12.6 Å². The molecule has 2 heterocycles. The third kappa shape index (κ3) is 5.40. The standard InChI is InChI=1S/C23H32N4O2/c1-24-23(26-15-22-16-27-12-4-8-20(27)17-29-22)25-11-5-13-28-21-10-9-18-6-2-3-7-19(18)14-21/h2-3,6-7,9-10,14,20,22H,4-5,8,11-13,15-17H2,1H3,(H2,24,25,26). The molecule has 0 saturated carbocycles. The summed E-state index contributed by atoms with van der Waals surface area (Å²) in [7, 11) is 1.80. The molecule has 29 heavy (non-hydrogen) atoms. The Morgan fingerprint density at radius 1 is 1.21 bits per heavy atom. The Morgan fingerprint density at radius 2 is 2.10 bits per heavy atom. The highest BCUT2D eigenvalue weighted by molar-refractivity contribution is 5.83. The van der Waals surface area contributed by atoms with Crippen LogP contribution in [-0.2, 0) is 4.74 Å². The van der Waals surface area contributed by atoms with E-state index in [0.717, 1.165) is 44.4 Å². The largest absolute Gasteiger partial charge is 0.494 e. The molecule has 2 fully saturated rings. The molecule has 2 aromatic carbocycles. The van der Waals surface area contributed by atoms with Crippen molar-refractivity contribution in [1.82, 2.24) is 15.5 Å². The van der Waals surface area contributed by atoms with E-state index >= 15 is 0 Å². The number of aliphatic imine (C=N–C) groups is 1. The maximum atomic E-state index is 6.00. The molecule has 156 valence electrons. The minimum atomic E-state index is 0.235. The van der Waals surface area contributed by atoms with Gasteiger partial charge in [-0.25, -0.2) is 0 Å². The number of nitrogens with zero attached hydrogens (tertiary/aromatic N) is 2. The van der Waals surface area contributed by atoms with Gasteiger partial charge in [0.25, 0.3) is 0 Å². The molecule has 6 nitrogen and oxygen atoms in total. The monoisotopic (exact) mass is 396 g/mol. The zero-order valence-electron chi connectivity index (χ0n) is 17.3. The number of hydrogen-bond acceptors (Lipinski definition) is 4. The number of ether oxygens (including phenoxy) is 2. The predicted octanol–water partition coefficient (Wildman–Crippen LogP) is 2.64. The summed E-state index contributed by atoms with van der Waals surface area (Å²) >= 11 is 0. The molecule has 2 atom stereocenters. The summed E-state index contributed by atoms with van der Waals surface area (Å²) in [4.78, 5) is 6.88. The van der Waals surface area contributed by atoms with Gasteiger partial charge >= 0.3 is 0 Å². The number of guanidine groups is 1. The van der Waals surface area contributed by atoms with Gasteiger partial charge in [0.1, 0.15) is 5.75 Å². The zero-order chi connectivity index (χ0) is 19.9. The highest BCUT2D eigenvalue weighted by Crippen LogP contribution is 2.22. The molecule has 2 aliphatic rings. The fourth-order valence-corrected chi connectivity index (χ4v) is 4.17. The lowest BCUT2D eigenvalue weighted by Gasteiger charge is -2.35. The minimum Gasteiger partial charge on any atom is -0.494 e. The van der Waals surface area contributed by atoms with Crippen molar-refractivity contribution >= 4 is 16.7 Å². The van der Waals surface area contributed by atoms with Gasteiger partial charge in [-0.05, 0) is 48.7 Å². The molecule has 2 N–H and O–H groups in total. The van der Waals surface area contributed by atoms with Crippen molar-refractivity contribution < 1.29 is 9.47 Å². The van der Waals surface area contributed by atoms with Crippen LogP contribution < -0.4 is 15.4 Å². The van der Waals surface area contributed by atoms with Gasteiger partial charge in [0, 0.05) is 32.7 Å². The van der Waals surface area contributed by atoms with Crippen molar-refractivity contribution in [3.63, 3.8) is 0 Å². The Hall–Kier alpha value is -2.31. The number of morpholine rings is 1. The fourth-order valence-electron chi connectivity index (χ4n) is 4.17. The van der Waals surface area contributed by atoms with E-state index in [1.807, 2.05) is 6.07 Å². The first-order valence-electron chi connectivity index (χ1n) is 10.7. The minimum absolute atomic E-state index is 0.235. The molecule has 2 aliphatic heterocycles. The molecule has 2 aromatic rings. The highest BCUT2D eigenvalue weighted by Gasteiger charge is 2.32. The van der Waals surface area contributed by atoms with Crippen molar-refractivity contribution in [3.8, 4) is 5.75 Å². The van der Waals surface area contributed by atoms with Gasteiger partial charge in [0.05, 0.1) is 19.3 Å². The Labute approximate surface area is 173 Å². The van der Waals surface area contributed by atoms with Gasteiger partial charge in [0.15, 0.2) is 5.96 Å². The maximum Gasteiger partial charge on any atom is 0.191 e. The van der Waals surface area contributed by atoms with Gasteiger partial charge in [-0.3, -0.25) is 9.89 Å². The van der Waals surface area contributed by atoms with Crippen LogP contribution >= 0.6 is 0 Å². The topological polar surface area (TPSA) is 58.1 Å². The van der Waals surface area contributed by atoms with Crippen LogP contribution in [0.5, 0.6) is 5.75 Å². The van der Waals surface area contributed by atoms with Crippen LogP contribution in [0.2, 0.25) is 0 Å². The quantitative estimate of drug-likeness (QED) is 0.428. The molecule has 0 radical (unpaired) electrons. The Kier molecular flexibility index (Phi) is 6.85. The molecule has 2 saturated heterocycles. The number of nitrogens with one attached hydrogen (secondary N) is 2. The molecule has 0 amide bonds. The lowest BCUT2D eigenvalue weighted by atomic mass is 10.1. The Morgan fingerprint density at radius 3 is 3.00 bits per heavy atom. The number of benzene rings is 2. The molecular formula is C23H32N4O2. The predicted molar refractivity (Wildman–Crippen MR) is 118 cm³/mol. The molecule has 4 rings (SSSR count). The van der Waals surface area contributed by atoms with E-state index in [9.17, 15) is 0 Å². The highest BCUT2D eigenvalue weighted by atomic mass is 16.5. The third-order valence-electron chi connectivity index (χ3n) is 5.79. The summed E-state index contributed by atoms with van der Waals surface area (Å²) in [6.07, 6.45) is 3.73. The van der Waals surface area contributed by atoms with Gasteiger partial charge in [-0.15, -0.1) is 0 Å². The van der Waals surface area contributed by atoms with E-state index in [-0.39, 0.29) is 6.10 Å². The normalized spacial score (nSPS) is 22.4. The second-order valence-corrected chi connectivity index (χ2v) is 7.84. The SMILES string of the molecule is CN=C(NCCCOc1ccc2ccccc2c1)NCC1CN2CCCC2CO1. The fraction of sp³-hybridized carbons (Fsp3) is 0.522. The van der Waals surface area contributed by atoms with Crippen LogP contribution in [0.1, 0.15) is 19.3 Å². The summed E-state index contributed by atoms with van der Waals surface area (Å²) in [5.41, 5.74) is 0. The summed E-state index contributed by atoms with van der Waals surface area (Å²) < 4.78 is 11.9. The van der Waals surface area contributed by atoms with Crippen LogP contribution in [0.4, 0.5) is 0 Å². The summed E-state index contributed by atoms with van der Waals surface area (Å²) in [5.74, 6) is 1.74. The zero-order valence-corrected chi connectivity index (χ0v) is 17.3. The molecule has 0 spiro atoms. The molecule has 2 unspecified atom stereocenters. The van der Waals surface area contributed by atoms with E-state index in [2.05, 4.69) is 56.9 Å². The smallest absolute Gasteiger partial charge is 0.191 e. The van der Waals surface area contributed by atoms with E-state index in [4.69, 9.17) is 9.47 Å². The lowest BCUT2D eigenvalue weighted by molar-refractivity contribution is -0.0453. The van der Waals surface area contributed by atoms with E-state index in [1.54, 1.807) is 7.05 Å². The first kappa shape index (κ1) is 20.0. The van der Waals surface area contributed by atoms with E-state index < -0.39 is 0 Å². The van der Waals surface area contributed by atoms with Gasteiger partial charge in [-0.2, -0.15) is 0 Å². The van der Waals surface area contributed by atoms with Crippen molar-refractivity contribution in [2.45, 2.75) is 31.4 Å². The summed E-state index contributed by atoms with van der Waals surface area (Å²) in [5, 5.41) is 9.20. The van der Waals surface area contributed by atoms with Crippen LogP contribution in [-0.4, -0.2) is 69.4 Å². The second-order valence-electron chi connectivity index (χ2n) is 7.84. The molecule has 0 bridgehead atoms. The van der Waals surface area contributed by atoms with Crippen molar-refractivity contribution in [1.29, 1.82) is 0 Å². The average molecular weight is 397 g/mol. The second kappa shape index (κ2) is 9.94. The van der Waals surface area contributed by atoms with Crippen LogP contribution in [0.15, 0.2) is 47.5 Å². The summed E-state index contributed by atoms with van der Waals surface area (Å²) in [6.45, 7) is 5.38. The molecular weight excluding hydrogens is 364 g/mol. The van der Waals surface area contributed by atoms with Gasteiger partial charge < -0.3 is 20.1 Å². The van der Waals surface area contributed by atoms with Gasteiger partial charge in [-0.1, -0.05) is 30.3 Å². The number of fused-ring (bicyclic) bond motifs is 2.